The zero-order valence-corrected chi connectivity index (χ0v) is 8.55. The number of rotatable bonds is 3. The average Bonchev–Trinajstić information content (AvgIpc) is 2.05. The molecule has 1 saturated carbocycles. The van der Waals surface area contributed by atoms with Gasteiger partial charge in [0.05, 0.1) is 0 Å². The maximum Gasteiger partial charge on any atom is -0.0234 e. The zero-order chi connectivity index (χ0) is 8.81. The summed E-state index contributed by atoms with van der Waals surface area (Å²) in [7, 11) is 0. The van der Waals surface area contributed by atoms with Crippen LogP contribution in [-0.4, -0.2) is 0 Å². The molecule has 1 aliphatic rings. The molecule has 1 rings (SSSR count). The first kappa shape index (κ1) is 9.83. The summed E-state index contributed by atoms with van der Waals surface area (Å²) >= 11 is 0. The molecule has 0 nitrogen and oxygen atoms in total. The molecule has 0 aromatic heterocycles. The molecule has 0 aromatic rings. The van der Waals surface area contributed by atoms with Crippen molar-refractivity contribution in [3.05, 3.63) is 12.2 Å². The quantitative estimate of drug-likeness (QED) is 0.552. The predicted octanol–water partition coefficient (Wildman–Crippen LogP) is 4.17. The van der Waals surface area contributed by atoms with Crippen LogP contribution in [0.2, 0.25) is 0 Å². The average molecular weight is 166 g/mol. The highest BCUT2D eigenvalue weighted by atomic mass is 14.1. The Morgan fingerprint density at radius 1 is 1.17 bits per heavy atom. The van der Waals surface area contributed by atoms with E-state index in [1.807, 2.05) is 0 Å². The molecule has 0 unspecified atom stereocenters. The summed E-state index contributed by atoms with van der Waals surface area (Å²) in [5.41, 5.74) is 0. The summed E-state index contributed by atoms with van der Waals surface area (Å²) in [6.45, 7) is 4.57. The minimum absolute atomic E-state index is 0.824. The van der Waals surface area contributed by atoms with Crippen LogP contribution >= 0.6 is 0 Å². The molecule has 0 radical (unpaired) electrons. The van der Waals surface area contributed by atoms with E-state index in [-0.39, 0.29) is 0 Å². The first-order chi connectivity index (χ1) is 5.79. The number of hydrogen-bond donors (Lipinski definition) is 0. The van der Waals surface area contributed by atoms with Crippen LogP contribution in [0.3, 0.4) is 0 Å². The van der Waals surface area contributed by atoms with Gasteiger partial charge in [-0.25, -0.2) is 0 Å². The van der Waals surface area contributed by atoms with E-state index in [9.17, 15) is 0 Å². The molecule has 1 aliphatic carbocycles. The van der Waals surface area contributed by atoms with Crippen LogP contribution in [0.15, 0.2) is 12.2 Å². The summed E-state index contributed by atoms with van der Waals surface area (Å²) < 4.78 is 0. The van der Waals surface area contributed by atoms with Gasteiger partial charge in [0.15, 0.2) is 0 Å². The Bertz CT molecular complexity index is 127. The third-order valence-electron chi connectivity index (χ3n) is 2.67. The Morgan fingerprint density at radius 3 is 2.42 bits per heavy atom. The lowest BCUT2D eigenvalue weighted by Gasteiger charge is -2.17. The predicted molar refractivity (Wildman–Crippen MR) is 55.2 cm³/mol. The van der Waals surface area contributed by atoms with Gasteiger partial charge in [-0.05, 0) is 31.1 Å². The summed E-state index contributed by atoms with van der Waals surface area (Å²) in [6, 6.07) is 0. The fraction of sp³-hybridized carbons (Fsp3) is 0.833. The highest BCUT2D eigenvalue weighted by molar-refractivity contribution is 4.90. The third-order valence-corrected chi connectivity index (χ3v) is 2.67. The smallest absolute Gasteiger partial charge is 0.0234 e. The van der Waals surface area contributed by atoms with E-state index in [1.165, 1.54) is 38.5 Å². The molecule has 0 N–H and O–H groups in total. The minimum atomic E-state index is 0.824. The first-order valence-corrected chi connectivity index (χ1v) is 5.45. The van der Waals surface area contributed by atoms with E-state index in [0.717, 1.165) is 11.8 Å². The van der Waals surface area contributed by atoms with E-state index in [4.69, 9.17) is 0 Å². The maximum absolute atomic E-state index is 2.46. The second-order valence-corrected chi connectivity index (χ2v) is 4.46. The minimum Gasteiger partial charge on any atom is -0.0880 e. The highest BCUT2D eigenvalue weighted by Gasteiger charge is 2.09. The Kier molecular flexibility index (Phi) is 4.42. The van der Waals surface area contributed by atoms with Gasteiger partial charge in [0.2, 0.25) is 0 Å². The summed E-state index contributed by atoms with van der Waals surface area (Å²) in [5, 5.41) is 0. The molecule has 0 bridgehead atoms. The first-order valence-electron chi connectivity index (χ1n) is 5.45. The van der Waals surface area contributed by atoms with Gasteiger partial charge in [-0.2, -0.15) is 0 Å². The lowest BCUT2D eigenvalue weighted by atomic mass is 9.89. The SMILES string of the molecule is CC(C)C/C=C\C1CCCCC1. The third kappa shape index (κ3) is 3.94. The number of hydrogen-bond acceptors (Lipinski definition) is 0. The van der Waals surface area contributed by atoms with Crippen LogP contribution in [0.1, 0.15) is 52.4 Å². The molecule has 0 amide bonds. The molecule has 0 atom stereocenters. The molecule has 12 heavy (non-hydrogen) atoms. The van der Waals surface area contributed by atoms with Crippen molar-refractivity contribution in [3.8, 4) is 0 Å². The van der Waals surface area contributed by atoms with Crippen molar-refractivity contribution in [1.82, 2.24) is 0 Å². The molecule has 0 saturated heterocycles. The normalized spacial score (nSPS) is 20.9. The Labute approximate surface area is 77.1 Å². The molecule has 0 aliphatic heterocycles. The lowest BCUT2D eigenvalue weighted by molar-refractivity contribution is 0.418. The Balaban J connectivity index is 2.15. The van der Waals surface area contributed by atoms with Gasteiger partial charge in [-0.3, -0.25) is 0 Å². The van der Waals surface area contributed by atoms with Gasteiger partial charge in [0.1, 0.15) is 0 Å². The van der Waals surface area contributed by atoms with Crippen molar-refractivity contribution in [2.24, 2.45) is 11.8 Å². The maximum atomic E-state index is 2.46. The van der Waals surface area contributed by atoms with Gasteiger partial charge < -0.3 is 0 Å². The van der Waals surface area contributed by atoms with E-state index >= 15 is 0 Å². The molecule has 70 valence electrons. The molecule has 0 spiro atoms. The second-order valence-electron chi connectivity index (χ2n) is 4.46. The van der Waals surface area contributed by atoms with Crippen LogP contribution in [-0.2, 0) is 0 Å². The van der Waals surface area contributed by atoms with Crippen molar-refractivity contribution >= 4 is 0 Å². The molecule has 0 aromatic carbocycles. The number of allylic oxidation sites excluding steroid dienone is 2. The van der Waals surface area contributed by atoms with E-state index in [0.29, 0.717) is 0 Å². The van der Waals surface area contributed by atoms with Gasteiger partial charge in [0.25, 0.3) is 0 Å². The van der Waals surface area contributed by atoms with Crippen molar-refractivity contribution in [1.29, 1.82) is 0 Å². The lowest BCUT2D eigenvalue weighted by Crippen LogP contribution is -2.02. The second kappa shape index (κ2) is 5.40. The molecular weight excluding hydrogens is 144 g/mol. The van der Waals surface area contributed by atoms with Gasteiger partial charge in [-0.15, -0.1) is 0 Å². The van der Waals surface area contributed by atoms with Gasteiger partial charge in [-0.1, -0.05) is 45.3 Å². The van der Waals surface area contributed by atoms with Crippen LogP contribution in [0, 0.1) is 11.8 Å². The summed E-state index contributed by atoms with van der Waals surface area (Å²) in [5.74, 6) is 1.74. The topological polar surface area (TPSA) is 0 Å². The standard InChI is InChI=1S/C12H22/c1-11(2)7-6-10-12-8-4-3-5-9-12/h6,10-12H,3-5,7-9H2,1-2H3/b10-6-. The molecule has 1 fully saturated rings. The van der Waals surface area contributed by atoms with Crippen LogP contribution in [0.5, 0.6) is 0 Å². The van der Waals surface area contributed by atoms with Crippen molar-refractivity contribution in [2.75, 3.05) is 0 Å². The van der Waals surface area contributed by atoms with Crippen molar-refractivity contribution < 1.29 is 0 Å². The van der Waals surface area contributed by atoms with Gasteiger partial charge >= 0.3 is 0 Å². The van der Waals surface area contributed by atoms with Crippen molar-refractivity contribution in [2.45, 2.75) is 52.4 Å². The molecule has 0 heterocycles. The molecule has 0 heteroatoms. The fourth-order valence-corrected chi connectivity index (χ4v) is 1.87. The van der Waals surface area contributed by atoms with Crippen LogP contribution in [0.4, 0.5) is 0 Å². The highest BCUT2D eigenvalue weighted by Crippen LogP contribution is 2.24. The van der Waals surface area contributed by atoms with E-state index < -0.39 is 0 Å². The zero-order valence-electron chi connectivity index (χ0n) is 8.55. The summed E-state index contributed by atoms with van der Waals surface area (Å²) in [6.07, 6.45) is 13.4. The van der Waals surface area contributed by atoms with Crippen LogP contribution < -0.4 is 0 Å². The molecular formula is C12H22. The Morgan fingerprint density at radius 2 is 1.83 bits per heavy atom. The largest absolute Gasteiger partial charge is 0.0880 e. The van der Waals surface area contributed by atoms with Gasteiger partial charge in [0, 0.05) is 0 Å². The fourth-order valence-electron chi connectivity index (χ4n) is 1.87. The van der Waals surface area contributed by atoms with E-state index in [2.05, 4.69) is 26.0 Å². The monoisotopic (exact) mass is 166 g/mol. The summed E-state index contributed by atoms with van der Waals surface area (Å²) in [4.78, 5) is 0. The van der Waals surface area contributed by atoms with E-state index in [1.54, 1.807) is 0 Å². The Hall–Kier alpha value is -0.260. The van der Waals surface area contributed by atoms with Crippen LogP contribution in [0.25, 0.3) is 0 Å². The van der Waals surface area contributed by atoms with Crippen molar-refractivity contribution in [3.63, 3.8) is 0 Å².